The van der Waals surface area contributed by atoms with E-state index in [1.54, 1.807) is 37.3 Å². The first-order chi connectivity index (χ1) is 12.7. The zero-order valence-corrected chi connectivity index (χ0v) is 17.3. The third-order valence-corrected chi connectivity index (χ3v) is 6.96. The van der Waals surface area contributed by atoms with Gasteiger partial charge in [0.15, 0.2) is 9.84 Å². The molecule has 0 radical (unpaired) electrons. The molecule has 1 aromatic rings. The number of amides is 2. The topological polar surface area (TPSA) is 83.6 Å². The van der Waals surface area contributed by atoms with Crippen LogP contribution < -0.4 is 5.32 Å². The number of hydrogen-bond donors (Lipinski definition) is 1. The molecule has 142 valence electrons. The van der Waals surface area contributed by atoms with Gasteiger partial charge >= 0.3 is 0 Å². The first kappa shape index (κ1) is 20.1. The number of benzene rings is 1. The Kier molecular flexibility index (Phi) is 5.76. The summed E-state index contributed by atoms with van der Waals surface area (Å²) in [6.07, 6.45) is 3.09. The summed E-state index contributed by atoms with van der Waals surface area (Å²) in [6.45, 7) is 1.55. The summed E-state index contributed by atoms with van der Waals surface area (Å²) in [5, 5.41) is 4.25. The van der Waals surface area contributed by atoms with E-state index in [2.05, 4.69) is 5.32 Å². The van der Waals surface area contributed by atoms with Crippen LogP contribution in [0.5, 0.6) is 0 Å². The van der Waals surface area contributed by atoms with Gasteiger partial charge in [0.2, 0.25) is 5.91 Å². The molecule has 2 heterocycles. The SMILES string of the molecule is C[C@H](C(=O)N[C@@H]1C=CS(=O)(=O)C1)N1C(=O)/C(=C/c2cccc(Cl)c2)SC1=S. The fourth-order valence-corrected chi connectivity index (χ4v) is 5.50. The number of rotatable bonds is 4. The van der Waals surface area contributed by atoms with Crippen LogP contribution in [0.1, 0.15) is 12.5 Å². The predicted octanol–water partition coefficient (Wildman–Crippen LogP) is 2.36. The zero-order chi connectivity index (χ0) is 19.8. The van der Waals surface area contributed by atoms with Crippen molar-refractivity contribution < 1.29 is 18.0 Å². The number of carbonyl (C=O) groups is 2. The zero-order valence-electron chi connectivity index (χ0n) is 14.1. The molecule has 0 bridgehead atoms. The normalized spacial score (nSPS) is 23.9. The summed E-state index contributed by atoms with van der Waals surface area (Å²) in [4.78, 5) is 26.8. The molecule has 0 spiro atoms. The molecule has 2 aliphatic heterocycles. The van der Waals surface area contributed by atoms with Crippen LogP contribution in [0, 0.1) is 0 Å². The standard InChI is InChI=1S/C17H15ClN2O4S3/c1-10(15(21)19-13-5-6-27(23,24)9-13)20-16(22)14(26-17(20)25)8-11-3-2-4-12(18)7-11/h2-8,10,13H,9H2,1H3,(H,19,21)/b14-8-/t10-,13-/m1/s1. The van der Waals surface area contributed by atoms with Crippen LogP contribution in [-0.2, 0) is 19.4 Å². The van der Waals surface area contributed by atoms with E-state index in [0.29, 0.717) is 9.93 Å². The summed E-state index contributed by atoms with van der Waals surface area (Å²) in [5.41, 5.74) is 0.751. The van der Waals surface area contributed by atoms with Crippen molar-refractivity contribution >= 4 is 67.6 Å². The van der Waals surface area contributed by atoms with E-state index in [-0.39, 0.29) is 16.0 Å². The highest BCUT2D eigenvalue weighted by molar-refractivity contribution is 8.26. The number of thioether (sulfide) groups is 1. The van der Waals surface area contributed by atoms with Crippen LogP contribution in [0.25, 0.3) is 6.08 Å². The highest BCUT2D eigenvalue weighted by atomic mass is 35.5. The smallest absolute Gasteiger partial charge is 0.266 e. The molecule has 27 heavy (non-hydrogen) atoms. The second-order valence-corrected chi connectivity index (χ2v) is 10.1. The molecule has 0 aliphatic carbocycles. The van der Waals surface area contributed by atoms with E-state index in [1.165, 1.54) is 11.0 Å². The quantitative estimate of drug-likeness (QED) is 0.569. The molecule has 6 nitrogen and oxygen atoms in total. The maximum atomic E-state index is 12.7. The van der Waals surface area contributed by atoms with E-state index in [4.69, 9.17) is 23.8 Å². The number of sulfone groups is 1. The molecule has 2 amide bonds. The van der Waals surface area contributed by atoms with Gasteiger partial charge in [-0.05, 0) is 36.8 Å². The largest absolute Gasteiger partial charge is 0.347 e. The molecule has 0 saturated carbocycles. The Balaban J connectivity index is 1.72. The van der Waals surface area contributed by atoms with Crippen molar-refractivity contribution in [3.63, 3.8) is 0 Å². The monoisotopic (exact) mass is 442 g/mol. The summed E-state index contributed by atoms with van der Waals surface area (Å²) in [7, 11) is -3.28. The molecule has 2 atom stereocenters. The minimum atomic E-state index is -3.28. The Morgan fingerprint density at radius 1 is 1.48 bits per heavy atom. The minimum Gasteiger partial charge on any atom is -0.347 e. The van der Waals surface area contributed by atoms with Gasteiger partial charge in [0.05, 0.1) is 16.7 Å². The Hall–Kier alpha value is -1.68. The summed E-state index contributed by atoms with van der Waals surface area (Å²) in [5.74, 6) is -1.03. The molecule has 3 rings (SSSR count). The lowest BCUT2D eigenvalue weighted by Gasteiger charge is -2.23. The highest BCUT2D eigenvalue weighted by Gasteiger charge is 2.39. The number of carbonyl (C=O) groups excluding carboxylic acids is 2. The molecular weight excluding hydrogens is 428 g/mol. The maximum Gasteiger partial charge on any atom is 0.266 e. The van der Waals surface area contributed by atoms with Gasteiger partial charge in [0, 0.05) is 10.4 Å². The third-order valence-electron chi connectivity index (χ3n) is 3.99. The molecule has 0 unspecified atom stereocenters. The Labute approximate surface area is 171 Å². The fourth-order valence-electron chi connectivity index (χ4n) is 2.65. The molecular formula is C17H15ClN2O4S3. The van der Waals surface area contributed by atoms with Gasteiger partial charge < -0.3 is 5.32 Å². The van der Waals surface area contributed by atoms with Gasteiger partial charge in [-0.1, -0.05) is 47.7 Å². The third kappa shape index (κ3) is 4.60. The van der Waals surface area contributed by atoms with Crippen molar-refractivity contribution in [3.05, 3.63) is 51.2 Å². The molecule has 2 aliphatic rings. The molecule has 10 heteroatoms. The number of hydrogen-bond acceptors (Lipinski definition) is 6. The van der Waals surface area contributed by atoms with Gasteiger partial charge in [-0.2, -0.15) is 0 Å². The van der Waals surface area contributed by atoms with Crippen LogP contribution in [0.2, 0.25) is 5.02 Å². The lowest BCUT2D eigenvalue weighted by atomic mass is 10.2. The fraction of sp³-hybridized carbons (Fsp3) is 0.235. The van der Waals surface area contributed by atoms with Crippen molar-refractivity contribution in [1.82, 2.24) is 10.2 Å². The second kappa shape index (κ2) is 7.75. The summed E-state index contributed by atoms with van der Waals surface area (Å²) >= 11 is 12.3. The van der Waals surface area contributed by atoms with Crippen molar-refractivity contribution in [3.8, 4) is 0 Å². The first-order valence-corrected chi connectivity index (χ1v) is 11.2. The minimum absolute atomic E-state index is 0.182. The molecule has 1 fully saturated rings. The van der Waals surface area contributed by atoms with Crippen molar-refractivity contribution in [1.29, 1.82) is 0 Å². The van der Waals surface area contributed by atoms with Crippen LogP contribution in [0.4, 0.5) is 0 Å². The van der Waals surface area contributed by atoms with Gasteiger partial charge in [-0.25, -0.2) is 8.42 Å². The number of nitrogens with one attached hydrogen (secondary N) is 1. The van der Waals surface area contributed by atoms with Gasteiger partial charge in [-0.15, -0.1) is 0 Å². The van der Waals surface area contributed by atoms with Gasteiger partial charge in [-0.3, -0.25) is 14.5 Å². The van der Waals surface area contributed by atoms with E-state index in [0.717, 1.165) is 22.7 Å². The molecule has 1 N–H and O–H groups in total. The summed E-state index contributed by atoms with van der Waals surface area (Å²) < 4.78 is 23.2. The number of thiocarbonyl (C=S) groups is 1. The van der Waals surface area contributed by atoms with Crippen molar-refractivity contribution in [2.75, 3.05) is 5.75 Å². The lowest BCUT2D eigenvalue weighted by molar-refractivity contribution is -0.132. The van der Waals surface area contributed by atoms with Crippen LogP contribution >= 0.6 is 35.6 Å². The Morgan fingerprint density at radius 3 is 2.85 bits per heavy atom. The predicted molar refractivity (Wildman–Crippen MR) is 111 cm³/mol. The van der Waals surface area contributed by atoms with Gasteiger partial charge in [0.25, 0.3) is 5.91 Å². The van der Waals surface area contributed by atoms with E-state index >= 15 is 0 Å². The Morgan fingerprint density at radius 2 is 2.22 bits per heavy atom. The molecule has 1 saturated heterocycles. The van der Waals surface area contributed by atoms with Crippen LogP contribution in [-0.4, -0.2) is 47.3 Å². The lowest BCUT2D eigenvalue weighted by Crippen LogP contribution is -2.49. The first-order valence-electron chi connectivity index (χ1n) is 7.90. The van der Waals surface area contributed by atoms with Crippen molar-refractivity contribution in [2.24, 2.45) is 0 Å². The van der Waals surface area contributed by atoms with E-state index < -0.39 is 27.8 Å². The highest BCUT2D eigenvalue weighted by Crippen LogP contribution is 2.34. The average molecular weight is 443 g/mol. The van der Waals surface area contributed by atoms with Crippen LogP contribution in [0.15, 0.2) is 40.7 Å². The molecule has 1 aromatic carbocycles. The van der Waals surface area contributed by atoms with E-state index in [1.807, 2.05) is 0 Å². The van der Waals surface area contributed by atoms with Crippen LogP contribution in [0.3, 0.4) is 0 Å². The maximum absolute atomic E-state index is 12.7. The summed E-state index contributed by atoms with van der Waals surface area (Å²) in [6, 6.07) is 5.56. The molecule has 0 aromatic heterocycles. The van der Waals surface area contributed by atoms with Gasteiger partial charge in [0.1, 0.15) is 10.4 Å². The second-order valence-electron chi connectivity index (χ2n) is 6.06. The van der Waals surface area contributed by atoms with E-state index in [9.17, 15) is 18.0 Å². The number of halogens is 1. The Bertz CT molecular complexity index is 988. The van der Waals surface area contributed by atoms with Crippen molar-refractivity contribution in [2.45, 2.75) is 19.0 Å². The average Bonchev–Trinajstić information content (AvgIpc) is 3.05. The number of nitrogens with zero attached hydrogens (tertiary/aromatic N) is 1.